The van der Waals surface area contributed by atoms with Gasteiger partial charge in [-0.05, 0) is 32.4 Å². The van der Waals surface area contributed by atoms with E-state index in [4.69, 9.17) is 0 Å². The molecule has 4 nitrogen and oxygen atoms in total. The van der Waals surface area contributed by atoms with Crippen LogP contribution in [-0.4, -0.2) is 20.2 Å². The highest BCUT2D eigenvalue weighted by Gasteiger charge is 2.05. The van der Waals surface area contributed by atoms with Crippen LogP contribution in [0.3, 0.4) is 0 Å². The van der Waals surface area contributed by atoms with E-state index in [0.29, 0.717) is 16.8 Å². The van der Waals surface area contributed by atoms with Gasteiger partial charge < -0.3 is 0 Å². The lowest BCUT2D eigenvalue weighted by molar-refractivity contribution is 0.573. The van der Waals surface area contributed by atoms with Gasteiger partial charge in [-0.2, -0.15) is 0 Å². The van der Waals surface area contributed by atoms with E-state index in [1.165, 1.54) is 10.7 Å². The fourth-order valence-corrected chi connectivity index (χ4v) is 1.35. The molecule has 0 aliphatic rings. The van der Waals surface area contributed by atoms with Crippen LogP contribution in [-0.2, 0) is 6.54 Å². The third-order valence-corrected chi connectivity index (χ3v) is 2.33. The van der Waals surface area contributed by atoms with Crippen LogP contribution in [0.25, 0.3) is 0 Å². The molecule has 14 heavy (non-hydrogen) atoms. The maximum atomic E-state index is 13.2. The molecule has 0 radical (unpaired) electrons. The van der Waals surface area contributed by atoms with Crippen LogP contribution in [0.2, 0.25) is 0 Å². The van der Waals surface area contributed by atoms with E-state index in [9.17, 15) is 4.39 Å². The van der Waals surface area contributed by atoms with E-state index >= 15 is 0 Å². The van der Waals surface area contributed by atoms with Gasteiger partial charge in [0, 0.05) is 5.56 Å². The van der Waals surface area contributed by atoms with Crippen LogP contribution in [0.4, 0.5) is 4.39 Å². The van der Waals surface area contributed by atoms with Crippen molar-refractivity contribution in [1.82, 2.24) is 20.2 Å². The van der Waals surface area contributed by atoms with Crippen molar-refractivity contribution in [3.8, 4) is 0 Å². The molecule has 1 aromatic heterocycles. The van der Waals surface area contributed by atoms with Crippen molar-refractivity contribution in [1.29, 1.82) is 0 Å². The van der Waals surface area contributed by atoms with Crippen LogP contribution < -0.4 is 0 Å². The standard InChI is InChI=1S/C8H6BrFN4/c9-8-11-12-13-14(8)5-6-3-1-2-4-7(6)10/h1-4H,5H2. The summed E-state index contributed by atoms with van der Waals surface area (Å²) in [6.07, 6.45) is 0. The van der Waals surface area contributed by atoms with Crippen LogP contribution in [0.1, 0.15) is 5.56 Å². The molecule has 0 amide bonds. The van der Waals surface area contributed by atoms with Gasteiger partial charge in [-0.25, -0.2) is 9.07 Å². The molecule has 1 heterocycles. The van der Waals surface area contributed by atoms with Crippen LogP contribution >= 0.6 is 15.9 Å². The molecule has 0 unspecified atom stereocenters. The van der Waals surface area contributed by atoms with Gasteiger partial charge in [0.2, 0.25) is 4.73 Å². The molecule has 0 aliphatic heterocycles. The van der Waals surface area contributed by atoms with Gasteiger partial charge in [0.05, 0.1) is 6.54 Å². The number of rotatable bonds is 2. The second-order valence-electron chi connectivity index (χ2n) is 2.70. The average molecular weight is 257 g/mol. The Morgan fingerprint density at radius 3 is 2.79 bits per heavy atom. The van der Waals surface area contributed by atoms with Gasteiger partial charge in [-0.15, -0.1) is 5.10 Å². The first-order chi connectivity index (χ1) is 6.77. The quantitative estimate of drug-likeness (QED) is 0.821. The van der Waals surface area contributed by atoms with E-state index in [0.717, 1.165) is 0 Å². The van der Waals surface area contributed by atoms with E-state index in [-0.39, 0.29) is 5.82 Å². The smallest absolute Gasteiger partial charge is 0.215 e. The Kier molecular flexibility index (Phi) is 2.53. The maximum Gasteiger partial charge on any atom is 0.218 e. The van der Waals surface area contributed by atoms with Crippen molar-refractivity contribution < 1.29 is 4.39 Å². The van der Waals surface area contributed by atoms with Gasteiger partial charge in [0.25, 0.3) is 0 Å². The Hall–Kier alpha value is -1.30. The van der Waals surface area contributed by atoms with Gasteiger partial charge in [0.1, 0.15) is 5.82 Å². The Balaban J connectivity index is 2.28. The zero-order valence-corrected chi connectivity index (χ0v) is 8.65. The summed E-state index contributed by atoms with van der Waals surface area (Å²) in [4.78, 5) is 0. The molecule has 2 rings (SSSR count). The SMILES string of the molecule is Fc1ccccc1Cn1nnnc1Br. The molecule has 0 fully saturated rings. The fraction of sp³-hybridized carbons (Fsp3) is 0.125. The molecule has 2 aromatic rings. The van der Waals surface area contributed by atoms with E-state index in [1.54, 1.807) is 18.2 Å². The number of hydrogen-bond donors (Lipinski definition) is 0. The molecule has 0 atom stereocenters. The molecule has 1 aromatic carbocycles. The first-order valence-corrected chi connectivity index (χ1v) is 4.72. The molecule has 0 N–H and O–H groups in total. The normalized spacial score (nSPS) is 10.4. The molecular formula is C8H6BrFN4. The minimum Gasteiger partial charge on any atom is -0.215 e. The van der Waals surface area contributed by atoms with Gasteiger partial charge in [-0.1, -0.05) is 18.2 Å². The summed E-state index contributed by atoms with van der Waals surface area (Å²) in [6.45, 7) is 0.320. The summed E-state index contributed by atoms with van der Waals surface area (Å²) in [5, 5.41) is 10.8. The maximum absolute atomic E-state index is 13.2. The molecular weight excluding hydrogens is 251 g/mol. The number of hydrogen-bond acceptors (Lipinski definition) is 3. The van der Waals surface area contributed by atoms with Crippen molar-refractivity contribution in [2.24, 2.45) is 0 Å². The van der Waals surface area contributed by atoms with E-state index in [2.05, 4.69) is 31.5 Å². The van der Waals surface area contributed by atoms with Crippen molar-refractivity contribution in [3.63, 3.8) is 0 Å². The number of tetrazole rings is 1. The topological polar surface area (TPSA) is 43.6 Å². The Bertz CT molecular complexity index is 442. The Labute approximate surface area is 87.9 Å². The number of aromatic nitrogens is 4. The largest absolute Gasteiger partial charge is 0.218 e. The minimum absolute atomic E-state index is 0.255. The van der Waals surface area contributed by atoms with E-state index < -0.39 is 0 Å². The first-order valence-electron chi connectivity index (χ1n) is 3.92. The molecule has 0 saturated heterocycles. The van der Waals surface area contributed by atoms with Crippen molar-refractivity contribution in [3.05, 3.63) is 40.4 Å². The third-order valence-electron chi connectivity index (χ3n) is 1.77. The second-order valence-corrected chi connectivity index (χ2v) is 3.41. The average Bonchev–Trinajstić information content (AvgIpc) is 2.56. The Morgan fingerprint density at radius 1 is 1.36 bits per heavy atom. The zero-order chi connectivity index (χ0) is 9.97. The lowest BCUT2D eigenvalue weighted by atomic mass is 10.2. The number of halogens is 2. The summed E-state index contributed by atoms with van der Waals surface area (Å²) in [5.41, 5.74) is 0.556. The number of benzene rings is 1. The lowest BCUT2D eigenvalue weighted by Gasteiger charge is -2.01. The van der Waals surface area contributed by atoms with Crippen molar-refractivity contribution in [2.75, 3.05) is 0 Å². The van der Waals surface area contributed by atoms with Crippen LogP contribution in [0.15, 0.2) is 29.0 Å². The summed E-state index contributed by atoms with van der Waals surface area (Å²) in [5.74, 6) is -0.255. The molecule has 6 heteroatoms. The molecule has 0 saturated carbocycles. The monoisotopic (exact) mass is 256 g/mol. The molecule has 0 aliphatic carbocycles. The van der Waals surface area contributed by atoms with Crippen LogP contribution in [0.5, 0.6) is 0 Å². The minimum atomic E-state index is -0.255. The predicted octanol–water partition coefficient (Wildman–Crippen LogP) is 1.62. The number of nitrogens with zero attached hydrogens (tertiary/aromatic N) is 4. The summed E-state index contributed by atoms with van der Waals surface area (Å²) in [6, 6.07) is 6.53. The zero-order valence-electron chi connectivity index (χ0n) is 7.06. The van der Waals surface area contributed by atoms with Gasteiger partial charge in [-0.3, -0.25) is 0 Å². The highest BCUT2D eigenvalue weighted by molar-refractivity contribution is 9.10. The molecule has 72 valence electrons. The summed E-state index contributed by atoms with van der Waals surface area (Å²) >= 11 is 3.15. The van der Waals surface area contributed by atoms with Gasteiger partial charge in [0.15, 0.2) is 0 Å². The van der Waals surface area contributed by atoms with Gasteiger partial charge >= 0.3 is 0 Å². The predicted molar refractivity (Wildman–Crippen MR) is 51.0 cm³/mol. The van der Waals surface area contributed by atoms with Crippen molar-refractivity contribution >= 4 is 15.9 Å². The second kappa shape index (κ2) is 3.83. The molecule has 0 spiro atoms. The highest BCUT2D eigenvalue weighted by Crippen LogP contribution is 2.10. The summed E-state index contributed by atoms with van der Waals surface area (Å²) < 4.78 is 15.2. The van der Waals surface area contributed by atoms with E-state index in [1.807, 2.05) is 0 Å². The molecule has 0 bridgehead atoms. The van der Waals surface area contributed by atoms with Crippen LogP contribution in [0, 0.1) is 5.82 Å². The highest BCUT2D eigenvalue weighted by atomic mass is 79.9. The van der Waals surface area contributed by atoms with Crippen molar-refractivity contribution in [2.45, 2.75) is 6.54 Å². The first kappa shape index (κ1) is 9.26. The third kappa shape index (κ3) is 1.79. The summed E-state index contributed by atoms with van der Waals surface area (Å²) in [7, 11) is 0. The fourth-order valence-electron chi connectivity index (χ4n) is 1.08. The Morgan fingerprint density at radius 2 is 2.14 bits per heavy atom. The lowest BCUT2D eigenvalue weighted by Crippen LogP contribution is -2.04.